The van der Waals surface area contributed by atoms with E-state index in [1.54, 1.807) is 30.3 Å². The highest BCUT2D eigenvalue weighted by atomic mass is 127. The quantitative estimate of drug-likeness (QED) is 0.230. The number of nitriles is 1. The van der Waals surface area contributed by atoms with Gasteiger partial charge in [0.25, 0.3) is 5.91 Å². The lowest BCUT2D eigenvalue weighted by Gasteiger charge is -2.14. The number of hydrogen-bond acceptors (Lipinski definition) is 4. The van der Waals surface area contributed by atoms with E-state index in [1.165, 1.54) is 25.3 Å². The van der Waals surface area contributed by atoms with Crippen molar-refractivity contribution in [2.45, 2.75) is 13.5 Å². The zero-order valence-electron chi connectivity index (χ0n) is 17.5. The maximum Gasteiger partial charge on any atom is 0.266 e. The van der Waals surface area contributed by atoms with Gasteiger partial charge in [0.2, 0.25) is 0 Å². The van der Waals surface area contributed by atoms with Crippen molar-refractivity contribution in [2.75, 3.05) is 12.4 Å². The molecule has 0 saturated carbocycles. The van der Waals surface area contributed by atoms with Gasteiger partial charge in [-0.15, -0.1) is 0 Å². The fraction of sp³-hybridized carbons (Fsp3) is 0.120. The van der Waals surface area contributed by atoms with Crippen LogP contribution in [0.25, 0.3) is 6.08 Å². The van der Waals surface area contributed by atoms with Gasteiger partial charge in [0.1, 0.15) is 24.1 Å². The number of para-hydroxylation sites is 1. The molecule has 0 aromatic heterocycles. The van der Waals surface area contributed by atoms with E-state index in [9.17, 15) is 14.4 Å². The molecule has 0 heterocycles. The number of nitrogens with zero attached hydrogens (tertiary/aromatic N) is 1. The summed E-state index contributed by atoms with van der Waals surface area (Å²) in [6, 6.07) is 18.8. The predicted molar refractivity (Wildman–Crippen MR) is 130 cm³/mol. The fourth-order valence-corrected chi connectivity index (χ4v) is 3.70. The van der Waals surface area contributed by atoms with E-state index in [2.05, 4.69) is 27.9 Å². The molecule has 0 atom stereocenters. The van der Waals surface area contributed by atoms with Crippen molar-refractivity contribution < 1.29 is 18.7 Å². The van der Waals surface area contributed by atoms with Crippen LogP contribution in [0, 0.1) is 27.6 Å². The Morgan fingerprint density at radius 1 is 1.19 bits per heavy atom. The van der Waals surface area contributed by atoms with Crippen LogP contribution in [0.3, 0.4) is 0 Å². The smallest absolute Gasteiger partial charge is 0.266 e. The molecular weight excluding hydrogens is 522 g/mol. The lowest BCUT2D eigenvalue weighted by molar-refractivity contribution is -0.112. The molecule has 3 rings (SSSR count). The molecule has 0 bridgehead atoms. The Morgan fingerprint density at radius 3 is 2.56 bits per heavy atom. The second-order valence-corrected chi connectivity index (χ2v) is 8.05. The van der Waals surface area contributed by atoms with E-state index in [0.29, 0.717) is 22.7 Å². The van der Waals surface area contributed by atoms with Crippen molar-refractivity contribution in [2.24, 2.45) is 0 Å². The van der Waals surface area contributed by atoms with Gasteiger partial charge in [-0.05, 0) is 82.6 Å². The largest absolute Gasteiger partial charge is 0.493 e. The van der Waals surface area contributed by atoms with E-state index in [4.69, 9.17) is 9.47 Å². The van der Waals surface area contributed by atoms with E-state index < -0.39 is 5.91 Å². The van der Waals surface area contributed by atoms with Gasteiger partial charge in [-0.25, -0.2) is 4.39 Å². The number of amides is 1. The van der Waals surface area contributed by atoms with Gasteiger partial charge in [-0.3, -0.25) is 4.79 Å². The number of methoxy groups -OCH3 is 1. The van der Waals surface area contributed by atoms with Gasteiger partial charge < -0.3 is 14.8 Å². The Kier molecular flexibility index (Phi) is 7.84. The molecule has 0 unspecified atom stereocenters. The molecule has 0 aliphatic heterocycles. The van der Waals surface area contributed by atoms with Crippen molar-refractivity contribution >= 4 is 40.3 Å². The summed E-state index contributed by atoms with van der Waals surface area (Å²) in [7, 11) is 1.51. The summed E-state index contributed by atoms with van der Waals surface area (Å²) < 4.78 is 25.2. The standard InChI is InChI=1S/C25H20FIN2O3/c1-16-5-3-4-6-22(16)29-25(30)19(14-28)11-18-12-21(27)24(23(13-18)31-2)32-15-17-7-9-20(26)10-8-17/h3-13H,15H2,1-2H3,(H,29,30)/b19-11-. The van der Waals surface area contributed by atoms with Crippen LogP contribution in [0.5, 0.6) is 11.5 Å². The van der Waals surface area contributed by atoms with Gasteiger partial charge in [-0.1, -0.05) is 30.3 Å². The number of nitrogens with one attached hydrogen (secondary N) is 1. The number of carbonyl (C=O) groups is 1. The molecule has 1 N–H and O–H groups in total. The molecule has 5 nitrogen and oxygen atoms in total. The van der Waals surface area contributed by atoms with Crippen LogP contribution in [0.1, 0.15) is 16.7 Å². The van der Waals surface area contributed by atoms with E-state index in [-0.39, 0.29) is 18.0 Å². The topological polar surface area (TPSA) is 71.3 Å². The number of carbonyl (C=O) groups excluding carboxylic acids is 1. The third-order valence-corrected chi connectivity index (χ3v) is 5.42. The number of ether oxygens (including phenoxy) is 2. The SMILES string of the molecule is COc1cc(/C=C(/C#N)C(=O)Nc2ccccc2C)cc(I)c1OCc1ccc(F)cc1. The number of hydrogen-bond donors (Lipinski definition) is 1. The van der Waals surface area contributed by atoms with Crippen LogP contribution in [-0.2, 0) is 11.4 Å². The zero-order chi connectivity index (χ0) is 23.1. The van der Waals surface area contributed by atoms with Crippen molar-refractivity contribution in [3.05, 3.63) is 92.3 Å². The molecular formula is C25H20FIN2O3. The summed E-state index contributed by atoms with van der Waals surface area (Å²) in [5.41, 5.74) is 2.95. The summed E-state index contributed by atoms with van der Waals surface area (Å²) in [6.07, 6.45) is 1.50. The molecule has 0 spiro atoms. The summed E-state index contributed by atoms with van der Waals surface area (Å²) in [6.45, 7) is 2.12. The lowest BCUT2D eigenvalue weighted by atomic mass is 10.1. The number of anilines is 1. The first-order chi connectivity index (χ1) is 15.4. The zero-order valence-corrected chi connectivity index (χ0v) is 19.6. The van der Waals surface area contributed by atoms with E-state index in [0.717, 1.165) is 14.7 Å². The Balaban J connectivity index is 1.82. The van der Waals surface area contributed by atoms with Crippen LogP contribution in [0.4, 0.5) is 10.1 Å². The molecule has 1 amide bonds. The first-order valence-electron chi connectivity index (χ1n) is 9.65. The third-order valence-electron chi connectivity index (χ3n) is 4.62. The second kappa shape index (κ2) is 10.8. The first kappa shape index (κ1) is 23.3. The number of halogens is 2. The molecule has 0 fully saturated rings. The molecule has 0 aliphatic carbocycles. The summed E-state index contributed by atoms with van der Waals surface area (Å²) in [4.78, 5) is 12.6. The summed E-state index contributed by atoms with van der Waals surface area (Å²) in [5, 5.41) is 12.3. The van der Waals surface area contributed by atoms with E-state index >= 15 is 0 Å². The highest BCUT2D eigenvalue weighted by Gasteiger charge is 2.15. The molecule has 3 aromatic carbocycles. The number of benzene rings is 3. The molecule has 0 radical (unpaired) electrons. The maximum absolute atomic E-state index is 13.1. The van der Waals surface area contributed by atoms with E-state index in [1.807, 2.05) is 31.2 Å². The first-order valence-corrected chi connectivity index (χ1v) is 10.7. The third kappa shape index (κ3) is 5.86. The Bertz CT molecular complexity index is 1200. The lowest BCUT2D eigenvalue weighted by Crippen LogP contribution is -2.14. The van der Waals surface area contributed by atoms with Crippen molar-refractivity contribution in [1.82, 2.24) is 0 Å². The highest BCUT2D eigenvalue weighted by Crippen LogP contribution is 2.35. The minimum atomic E-state index is -0.493. The Hall–Kier alpha value is -3.38. The van der Waals surface area contributed by atoms with Gasteiger partial charge in [0, 0.05) is 5.69 Å². The van der Waals surface area contributed by atoms with Gasteiger partial charge in [0.15, 0.2) is 11.5 Å². The molecule has 32 heavy (non-hydrogen) atoms. The number of rotatable bonds is 7. The minimum Gasteiger partial charge on any atom is -0.493 e. The Labute approximate surface area is 199 Å². The van der Waals surface area contributed by atoms with Crippen LogP contribution in [-0.4, -0.2) is 13.0 Å². The number of aryl methyl sites for hydroxylation is 1. The predicted octanol–water partition coefficient (Wildman–Crippen LogP) is 5.87. The van der Waals surface area contributed by atoms with Crippen molar-refractivity contribution in [3.63, 3.8) is 0 Å². The fourth-order valence-electron chi connectivity index (χ4n) is 2.92. The average Bonchev–Trinajstić information content (AvgIpc) is 2.79. The highest BCUT2D eigenvalue weighted by molar-refractivity contribution is 14.1. The average molecular weight is 542 g/mol. The minimum absolute atomic E-state index is 0.0360. The maximum atomic E-state index is 13.1. The van der Waals surface area contributed by atoms with Crippen molar-refractivity contribution in [3.8, 4) is 17.6 Å². The normalized spacial score (nSPS) is 10.9. The van der Waals surface area contributed by atoms with Crippen LogP contribution in [0.2, 0.25) is 0 Å². The molecule has 3 aromatic rings. The van der Waals surface area contributed by atoms with Crippen LogP contribution < -0.4 is 14.8 Å². The molecule has 0 saturated heterocycles. The van der Waals surface area contributed by atoms with Crippen molar-refractivity contribution in [1.29, 1.82) is 5.26 Å². The monoisotopic (exact) mass is 542 g/mol. The van der Waals surface area contributed by atoms with Gasteiger partial charge >= 0.3 is 0 Å². The Morgan fingerprint density at radius 2 is 1.91 bits per heavy atom. The molecule has 7 heteroatoms. The van der Waals surface area contributed by atoms with Gasteiger partial charge in [-0.2, -0.15) is 5.26 Å². The summed E-state index contributed by atoms with van der Waals surface area (Å²) >= 11 is 2.10. The van der Waals surface area contributed by atoms with Crippen LogP contribution in [0.15, 0.2) is 66.2 Å². The van der Waals surface area contributed by atoms with Crippen LogP contribution >= 0.6 is 22.6 Å². The molecule has 0 aliphatic rings. The molecule has 162 valence electrons. The second-order valence-electron chi connectivity index (χ2n) is 6.89. The summed E-state index contributed by atoms with van der Waals surface area (Å²) in [5.74, 6) is 0.184. The van der Waals surface area contributed by atoms with Gasteiger partial charge in [0.05, 0.1) is 10.7 Å².